The minimum Gasteiger partial charge on any atom is -0.506 e. The number of benzene rings is 1. The first kappa shape index (κ1) is 15.9. The average Bonchev–Trinajstić information content (AvgIpc) is 3.11. The molecule has 120 valence electrons. The number of thiophene rings is 1. The van der Waals surface area contributed by atoms with Gasteiger partial charge in [-0.1, -0.05) is 17.7 Å². The molecular weight excluding hydrogens is 358 g/mol. The van der Waals surface area contributed by atoms with Crippen molar-refractivity contribution in [2.24, 2.45) is 7.05 Å². The second kappa shape index (κ2) is 5.88. The third kappa shape index (κ3) is 3.19. The largest absolute Gasteiger partial charge is 0.506 e. The Bertz CT molecular complexity index is 950. The maximum absolute atomic E-state index is 12.7. The molecule has 0 saturated heterocycles. The van der Waals surface area contributed by atoms with Gasteiger partial charge < -0.3 is 5.11 Å². The van der Waals surface area contributed by atoms with E-state index in [1.54, 1.807) is 13.1 Å². The topological polar surface area (TPSA) is 84.2 Å². The molecule has 0 aliphatic rings. The van der Waals surface area contributed by atoms with Gasteiger partial charge >= 0.3 is 0 Å². The summed E-state index contributed by atoms with van der Waals surface area (Å²) in [5, 5.41) is 16.2. The van der Waals surface area contributed by atoms with Crippen molar-refractivity contribution < 1.29 is 13.5 Å². The highest BCUT2D eigenvalue weighted by Gasteiger charge is 2.24. The van der Waals surface area contributed by atoms with E-state index in [9.17, 15) is 13.5 Å². The van der Waals surface area contributed by atoms with Crippen molar-refractivity contribution in [2.45, 2.75) is 4.90 Å². The Hall–Kier alpha value is -2.03. The maximum atomic E-state index is 12.7. The summed E-state index contributed by atoms with van der Waals surface area (Å²) in [5.41, 5.74) is 0.370. The van der Waals surface area contributed by atoms with Gasteiger partial charge in [-0.25, -0.2) is 8.42 Å². The Kier molecular flexibility index (Phi) is 4.05. The van der Waals surface area contributed by atoms with Crippen molar-refractivity contribution in [3.8, 4) is 16.3 Å². The highest BCUT2D eigenvalue weighted by atomic mass is 35.5. The third-order valence-corrected chi connectivity index (χ3v) is 5.52. The van der Waals surface area contributed by atoms with Crippen molar-refractivity contribution in [2.75, 3.05) is 4.72 Å². The predicted molar refractivity (Wildman–Crippen MR) is 90.4 cm³/mol. The van der Waals surface area contributed by atoms with Gasteiger partial charge in [-0.05, 0) is 29.6 Å². The van der Waals surface area contributed by atoms with Gasteiger partial charge in [0.2, 0.25) is 0 Å². The highest BCUT2D eigenvalue weighted by molar-refractivity contribution is 7.92. The smallest absolute Gasteiger partial charge is 0.265 e. The summed E-state index contributed by atoms with van der Waals surface area (Å²) < 4.78 is 29.1. The molecule has 0 spiro atoms. The summed E-state index contributed by atoms with van der Waals surface area (Å²) in [4.78, 5) is 0.767. The lowest BCUT2D eigenvalue weighted by molar-refractivity contribution is 0.477. The SMILES string of the molecule is Cn1cc(S(=O)(=O)Nc2cc(Cl)ccc2O)c(-c2cccs2)n1. The first-order chi connectivity index (χ1) is 10.9. The van der Waals surface area contributed by atoms with E-state index in [-0.39, 0.29) is 16.3 Å². The zero-order valence-electron chi connectivity index (χ0n) is 11.9. The van der Waals surface area contributed by atoms with E-state index in [1.807, 2.05) is 11.4 Å². The summed E-state index contributed by atoms with van der Waals surface area (Å²) in [6.07, 6.45) is 1.42. The van der Waals surface area contributed by atoms with Gasteiger partial charge in [-0.3, -0.25) is 9.40 Å². The van der Waals surface area contributed by atoms with Gasteiger partial charge in [0.15, 0.2) is 0 Å². The lowest BCUT2D eigenvalue weighted by atomic mass is 10.3. The Balaban J connectivity index is 2.06. The number of hydrogen-bond donors (Lipinski definition) is 2. The molecule has 0 bridgehead atoms. The highest BCUT2D eigenvalue weighted by Crippen LogP contribution is 2.33. The molecule has 9 heteroatoms. The molecule has 23 heavy (non-hydrogen) atoms. The summed E-state index contributed by atoms with van der Waals surface area (Å²) in [6, 6.07) is 7.75. The number of rotatable bonds is 4. The monoisotopic (exact) mass is 369 g/mol. The molecule has 0 amide bonds. The molecule has 3 aromatic rings. The van der Waals surface area contributed by atoms with Crippen molar-refractivity contribution in [1.29, 1.82) is 0 Å². The first-order valence-corrected chi connectivity index (χ1v) is 9.20. The van der Waals surface area contributed by atoms with Crippen molar-refractivity contribution in [1.82, 2.24) is 9.78 Å². The summed E-state index contributed by atoms with van der Waals surface area (Å²) in [6.45, 7) is 0. The van der Waals surface area contributed by atoms with Crippen LogP contribution in [0.4, 0.5) is 5.69 Å². The van der Waals surface area contributed by atoms with Crippen LogP contribution in [0.5, 0.6) is 5.75 Å². The van der Waals surface area contributed by atoms with Crippen LogP contribution < -0.4 is 4.72 Å². The van der Waals surface area contributed by atoms with Crippen LogP contribution in [0.3, 0.4) is 0 Å². The number of aromatic hydroxyl groups is 1. The fraction of sp³-hybridized carbons (Fsp3) is 0.0714. The van der Waals surface area contributed by atoms with Gasteiger partial charge in [0.05, 0.1) is 10.6 Å². The van der Waals surface area contributed by atoms with Gasteiger partial charge in [-0.15, -0.1) is 11.3 Å². The molecule has 0 saturated carbocycles. The lowest BCUT2D eigenvalue weighted by Crippen LogP contribution is -2.13. The molecule has 3 rings (SSSR count). The molecular formula is C14H12ClN3O3S2. The van der Waals surface area contributed by atoms with Crippen LogP contribution in [0.1, 0.15) is 0 Å². The number of halogens is 1. The van der Waals surface area contributed by atoms with Crippen LogP contribution in [0.15, 0.2) is 46.8 Å². The summed E-state index contributed by atoms with van der Waals surface area (Å²) in [5.74, 6) is -0.209. The molecule has 0 atom stereocenters. The first-order valence-electron chi connectivity index (χ1n) is 6.46. The zero-order valence-corrected chi connectivity index (χ0v) is 14.3. The van der Waals surface area contributed by atoms with Gasteiger partial charge in [0.25, 0.3) is 10.0 Å². The molecule has 1 aromatic carbocycles. The maximum Gasteiger partial charge on any atom is 0.265 e. The predicted octanol–water partition coefficient (Wildman–Crippen LogP) is 3.31. The number of nitrogens with zero attached hydrogens (tertiary/aromatic N) is 2. The van der Waals surface area contributed by atoms with E-state index >= 15 is 0 Å². The van der Waals surface area contributed by atoms with Crippen LogP contribution >= 0.6 is 22.9 Å². The number of anilines is 1. The van der Waals surface area contributed by atoms with E-state index in [0.29, 0.717) is 10.7 Å². The molecule has 0 aliphatic carbocycles. The average molecular weight is 370 g/mol. The normalized spacial score (nSPS) is 11.6. The minimum atomic E-state index is -3.93. The summed E-state index contributed by atoms with van der Waals surface area (Å²) >= 11 is 7.24. The molecule has 0 unspecified atom stereocenters. The van der Waals surface area contributed by atoms with Gasteiger partial charge in [-0.2, -0.15) is 5.10 Å². The van der Waals surface area contributed by atoms with Crippen LogP contribution in [0.25, 0.3) is 10.6 Å². The number of aromatic nitrogens is 2. The van der Waals surface area contributed by atoms with Crippen LogP contribution in [0.2, 0.25) is 5.02 Å². The van der Waals surface area contributed by atoms with E-state index < -0.39 is 10.0 Å². The Morgan fingerprint density at radius 2 is 2.13 bits per heavy atom. The number of nitrogens with one attached hydrogen (secondary N) is 1. The number of hydrogen-bond acceptors (Lipinski definition) is 5. The quantitative estimate of drug-likeness (QED) is 0.691. The third-order valence-electron chi connectivity index (χ3n) is 3.04. The Morgan fingerprint density at radius 1 is 1.35 bits per heavy atom. The fourth-order valence-corrected chi connectivity index (χ4v) is 4.26. The molecule has 2 aromatic heterocycles. The van der Waals surface area contributed by atoms with Crippen LogP contribution in [-0.4, -0.2) is 23.3 Å². The van der Waals surface area contributed by atoms with Gasteiger partial charge in [0, 0.05) is 18.3 Å². The van der Waals surface area contributed by atoms with E-state index in [1.165, 1.54) is 40.4 Å². The molecule has 6 nitrogen and oxygen atoms in total. The summed E-state index contributed by atoms with van der Waals surface area (Å²) in [7, 11) is -2.29. The standard InChI is InChI=1S/C14H12ClN3O3S2/c1-18-8-13(14(16-18)12-3-2-6-22-12)23(20,21)17-10-7-9(15)4-5-11(10)19/h2-8,17,19H,1H3. The Labute approximate surface area is 142 Å². The van der Waals surface area contributed by atoms with E-state index in [0.717, 1.165) is 4.88 Å². The molecule has 2 heterocycles. The Morgan fingerprint density at radius 3 is 2.83 bits per heavy atom. The van der Waals surface area contributed by atoms with Crippen molar-refractivity contribution in [3.05, 3.63) is 46.9 Å². The number of sulfonamides is 1. The molecule has 0 radical (unpaired) electrons. The van der Waals surface area contributed by atoms with Crippen molar-refractivity contribution >= 4 is 38.6 Å². The fourth-order valence-electron chi connectivity index (χ4n) is 2.04. The number of phenols is 1. The molecule has 0 fully saturated rings. The lowest BCUT2D eigenvalue weighted by Gasteiger charge is -2.09. The molecule has 2 N–H and O–H groups in total. The van der Waals surface area contributed by atoms with Gasteiger partial charge in [0.1, 0.15) is 16.3 Å². The zero-order chi connectivity index (χ0) is 16.6. The second-order valence-corrected chi connectivity index (χ2v) is 7.79. The molecule has 0 aliphatic heterocycles. The number of aryl methyl sites for hydroxylation is 1. The second-order valence-electron chi connectivity index (χ2n) is 4.76. The van der Waals surface area contributed by atoms with Crippen LogP contribution in [-0.2, 0) is 17.1 Å². The van der Waals surface area contributed by atoms with E-state index in [4.69, 9.17) is 11.6 Å². The van der Waals surface area contributed by atoms with Crippen LogP contribution in [0, 0.1) is 0 Å². The minimum absolute atomic E-state index is 0.0125. The van der Waals surface area contributed by atoms with E-state index in [2.05, 4.69) is 9.82 Å². The van der Waals surface area contributed by atoms with Crippen molar-refractivity contribution in [3.63, 3.8) is 0 Å². The number of phenolic OH excluding ortho intramolecular Hbond substituents is 1.